The molecule has 1 amide bonds. The van der Waals surface area contributed by atoms with Gasteiger partial charge in [0.1, 0.15) is 0 Å². The molecule has 5 nitrogen and oxygen atoms in total. The molecule has 2 N–H and O–H groups in total. The Morgan fingerprint density at radius 1 is 1.41 bits per heavy atom. The number of carbonyl (C=O) groups excluding carboxylic acids is 1. The lowest BCUT2D eigenvalue weighted by Crippen LogP contribution is -2.35. The zero-order valence-electron chi connectivity index (χ0n) is 10.1. The van der Waals surface area contributed by atoms with Gasteiger partial charge in [-0.3, -0.25) is 4.79 Å². The first kappa shape index (κ1) is 12.1. The van der Waals surface area contributed by atoms with E-state index in [4.69, 9.17) is 0 Å². The summed E-state index contributed by atoms with van der Waals surface area (Å²) < 4.78 is 2.05. The van der Waals surface area contributed by atoms with E-state index in [1.807, 2.05) is 12.5 Å². The Kier molecular flexibility index (Phi) is 4.55. The molecular weight excluding hydrogens is 216 g/mol. The van der Waals surface area contributed by atoms with Crippen molar-refractivity contribution in [3.05, 3.63) is 18.7 Å². The number of hydrogen-bond donors (Lipinski definition) is 2. The highest BCUT2D eigenvalue weighted by Crippen LogP contribution is 2.17. The van der Waals surface area contributed by atoms with E-state index < -0.39 is 0 Å². The van der Waals surface area contributed by atoms with Gasteiger partial charge in [0.05, 0.1) is 12.9 Å². The summed E-state index contributed by atoms with van der Waals surface area (Å²) in [6, 6.07) is 0.599. The number of aryl methyl sites for hydroxylation is 1. The average Bonchev–Trinajstić information content (AvgIpc) is 3.02. The number of hydrogen-bond acceptors (Lipinski definition) is 3. The average molecular weight is 236 g/mol. The number of unbranched alkanes of at least 4 members (excludes halogenated alkanes) is 1. The van der Waals surface area contributed by atoms with E-state index in [-0.39, 0.29) is 5.91 Å². The molecule has 1 aromatic rings. The monoisotopic (exact) mass is 236 g/mol. The van der Waals surface area contributed by atoms with Gasteiger partial charge in [0, 0.05) is 31.5 Å². The van der Waals surface area contributed by atoms with E-state index in [9.17, 15) is 4.79 Å². The molecule has 2 rings (SSSR count). The predicted molar refractivity (Wildman–Crippen MR) is 65.5 cm³/mol. The third kappa shape index (κ3) is 4.99. The summed E-state index contributed by atoms with van der Waals surface area (Å²) in [5.41, 5.74) is 0. The van der Waals surface area contributed by atoms with Crippen molar-refractivity contribution in [3.8, 4) is 0 Å². The molecule has 1 heterocycles. The Morgan fingerprint density at radius 2 is 2.29 bits per heavy atom. The summed E-state index contributed by atoms with van der Waals surface area (Å²) in [6.45, 7) is 2.20. The lowest BCUT2D eigenvalue weighted by molar-refractivity contribution is -0.120. The summed E-state index contributed by atoms with van der Waals surface area (Å²) in [5, 5.41) is 6.11. The third-order valence-corrected chi connectivity index (χ3v) is 2.85. The van der Waals surface area contributed by atoms with Crippen LogP contribution in [0.2, 0.25) is 0 Å². The Morgan fingerprint density at radius 3 is 3.00 bits per heavy atom. The van der Waals surface area contributed by atoms with Crippen molar-refractivity contribution in [1.82, 2.24) is 20.2 Å². The highest BCUT2D eigenvalue weighted by molar-refractivity contribution is 5.77. The number of imidazole rings is 1. The molecule has 94 valence electrons. The SMILES string of the molecule is O=C(CNC1CC1)NCCCCn1ccnc1. The third-order valence-electron chi connectivity index (χ3n) is 2.85. The zero-order chi connectivity index (χ0) is 11.9. The molecule has 1 fully saturated rings. The second-order valence-corrected chi connectivity index (χ2v) is 4.51. The fourth-order valence-electron chi connectivity index (χ4n) is 1.65. The van der Waals surface area contributed by atoms with Gasteiger partial charge in [0.2, 0.25) is 5.91 Å². The topological polar surface area (TPSA) is 59.0 Å². The summed E-state index contributed by atoms with van der Waals surface area (Å²) in [6.07, 6.45) is 10.1. The maximum absolute atomic E-state index is 11.4. The number of amides is 1. The van der Waals surface area contributed by atoms with Gasteiger partial charge in [-0.2, -0.15) is 0 Å². The Balaban J connectivity index is 1.43. The van der Waals surface area contributed by atoms with Crippen molar-refractivity contribution < 1.29 is 4.79 Å². The van der Waals surface area contributed by atoms with E-state index in [2.05, 4.69) is 20.2 Å². The maximum Gasteiger partial charge on any atom is 0.233 e. The number of nitrogens with one attached hydrogen (secondary N) is 2. The van der Waals surface area contributed by atoms with Gasteiger partial charge >= 0.3 is 0 Å². The highest BCUT2D eigenvalue weighted by Gasteiger charge is 2.20. The molecular formula is C12H20N4O. The van der Waals surface area contributed by atoms with Crippen molar-refractivity contribution in [2.24, 2.45) is 0 Å². The van der Waals surface area contributed by atoms with Gasteiger partial charge in [-0.1, -0.05) is 0 Å². The molecule has 0 bridgehead atoms. The van der Waals surface area contributed by atoms with E-state index in [0.717, 1.165) is 25.9 Å². The van der Waals surface area contributed by atoms with Gasteiger partial charge in [-0.15, -0.1) is 0 Å². The van der Waals surface area contributed by atoms with Gasteiger partial charge in [0.25, 0.3) is 0 Å². The molecule has 17 heavy (non-hydrogen) atoms. The van der Waals surface area contributed by atoms with E-state index >= 15 is 0 Å². The summed E-state index contributed by atoms with van der Waals surface area (Å²) in [7, 11) is 0. The lowest BCUT2D eigenvalue weighted by Gasteiger charge is -2.06. The van der Waals surface area contributed by atoms with Crippen molar-refractivity contribution >= 4 is 5.91 Å². The second-order valence-electron chi connectivity index (χ2n) is 4.51. The van der Waals surface area contributed by atoms with Gasteiger partial charge in [-0.05, 0) is 25.7 Å². The Hall–Kier alpha value is -1.36. The van der Waals surface area contributed by atoms with Crippen LogP contribution in [0.5, 0.6) is 0 Å². The number of carbonyl (C=O) groups is 1. The normalized spacial score (nSPS) is 14.8. The van der Waals surface area contributed by atoms with Crippen LogP contribution in [0.4, 0.5) is 0 Å². The van der Waals surface area contributed by atoms with Crippen LogP contribution in [0.1, 0.15) is 25.7 Å². The first-order valence-electron chi connectivity index (χ1n) is 6.30. The minimum absolute atomic E-state index is 0.111. The smallest absolute Gasteiger partial charge is 0.233 e. The molecule has 0 aromatic carbocycles. The maximum atomic E-state index is 11.4. The second kappa shape index (κ2) is 6.39. The minimum atomic E-state index is 0.111. The van der Waals surface area contributed by atoms with Crippen LogP contribution in [0.3, 0.4) is 0 Å². The molecule has 0 unspecified atom stereocenters. The summed E-state index contributed by atoms with van der Waals surface area (Å²) in [4.78, 5) is 15.4. The van der Waals surface area contributed by atoms with Gasteiger partial charge in [0.15, 0.2) is 0 Å². The largest absolute Gasteiger partial charge is 0.355 e. The van der Waals surface area contributed by atoms with E-state index in [0.29, 0.717) is 12.6 Å². The molecule has 0 aliphatic heterocycles. The van der Waals surface area contributed by atoms with Gasteiger partial charge in [-0.25, -0.2) is 4.98 Å². The van der Waals surface area contributed by atoms with Crippen molar-refractivity contribution in [1.29, 1.82) is 0 Å². The zero-order valence-corrected chi connectivity index (χ0v) is 10.1. The molecule has 1 aliphatic rings. The first-order chi connectivity index (χ1) is 8.34. The molecule has 1 saturated carbocycles. The fraction of sp³-hybridized carbons (Fsp3) is 0.667. The van der Waals surface area contributed by atoms with Crippen LogP contribution >= 0.6 is 0 Å². The van der Waals surface area contributed by atoms with Crippen LogP contribution in [-0.2, 0) is 11.3 Å². The molecule has 1 aromatic heterocycles. The Labute approximate surface area is 102 Å². The van der Waals surface area contributed by atoms with Crippen LogP contribution in [0.15, 0.2) is 18.7 Å². The van der Waals surface area contributed by atoms with Crippen LogP contribution in [0.25, 0.3) is 0 Å². The van der Waals surface area contributed by atoms with Gasteiger partial charge < -0.3 is 15.2 Å². The summed E-state index contributed by atoms with van der Waals surface area (Å²) >= 11 is 0. The van der Waals surface area contributed by atoms with Crippen LogP contribution in [0, 0.1) is 0 Å². The van der Waals surface area contributed by atoms with E-state index in [1.54, 1.807) is 6.20 Å². The molecule has 5 heteroatoms. The van der Waals surface area contributed by atoms with Crippen molar-refractivity contribution in [2.45, 2.75) is 38.3 Å². The number of rotatable bonds is 8. The van der Waals surface area contributed by atoms with Crippen molar-refractivity contribution in [2.75, 3.05) is 13.1 Å². The first-order valence-corrected chi connectivity index (χ1v) is 6.30. The lowest BCUT2D eigenvalue weighted by atomic mass is 10.3. The number of aromatic nitrogens is 2. The van der Waals surface area contributed by atoms with Crippen molar-refractivity contribution in [3.63, 3.8) is 0 Å². The van der Waals surface area contributed by atoms with E-state index in [1.165, 1.54) is 12.8 Å². The summed E-state index contributed by atoms with van der Waals surface area (Å²) in [5.74, 6) is 0.111. The Bertz CT molecular complexity index is 332. The minimum Gasteiger partial charge on any atom is -0.355 e. The molecule has 0 atom stereocenters. The van der Waals surface area contributed by atoms with Crippen LogP contribution in [-0.4, -0.2) is 34.6 Å². The molecule has 1 aliphatic carbocycles. The molecule has 0 spiro atoms. The van der Waals surface area contributed by atoms with Crippen LogP contribution < -0.4 is 10.6 Å². The highest BCUT2D eigenvalue weighted by atomic mass is 16.1. The molecule has 0 radical (unpaired) electrons. The predicted octanol–water partition coefficient (Wildman–Crippen LogP) is 0.531. The quantitative estimate of drug-likeness (QED) is 0.647. The standard InChI is InChI=1S/C12H20N4O/c17-12(9-15-11-3-4-11)14-5-1-2-7-16-8-6-13-10-16/h6,8,10-11,15H,1-5,7,9H2,(H,14,17). The number of nitrogens with zero attached hydrogens (tertiary/aromatic N) is 2. The molecule has 0 saturated heterocycles. The fourth-order valence-corrected chi connectivity index (χ4v) is 1.65.